The predicted octanol–water partition coefficient (Wildman–Crippen LogP) is 5.67. The van der Waals surface area contributed by atoms with Gasteiger partial charge in [0.15, 0.2) is 0 Å². The number of esters is 2. The highest BCUT2D eigenvalue weighted by molar-refractivity contribution is 7.99. The number of thioether (sulfide) groups is 1. The minimum absolute atomic E-state index is 0.103. The highest BCUT2D eigenvalue weighted by Crippen LogP contribution is 2.25. The number of aliphatic hydroxyl groups is 1. The molecule has 0 saturated carbocycles. The third-order valence-corrected chi connectivity index (χ3v) is 6.66. The van der Waals surface area contributed by atoms with E-state index < -0.39 is 0 Å². The third kappa shape index (κ3) is 17.8. The SMILES string of the molecule is CCCCCCCCCCC[C@@H](O)[C@@H](CCCCC(=O)OC)SCCC(=O)OC. The number of carbonyl (C=O) groups excluding carboxylic acids is 2. The van der Waals surface area contributed by atoms with Gasteiger partial charge in [-0.2, -0.15) is 11.8 Å². The van der Waals surface area contributed by atoms with Crippen LogP contribution in [0.2, 0.25) is 0 Å². The average Bonchev–Trinajstić information content (AvgIpc) is 2.73. The van der Waals surface area contributed by atoms with Gasteiger partial charge >= 0.3 is 11.9 Å². The molecule has 5 nitrogen and oxygen atoms in total. The zero-order valence-electron chi connectivity index (χ0n) is 19.0. The van der Waals surface area contributed by atoms with Crippen molar-refractivity contribution in [2.75, 3.05) is 20.0 Å². The zero-order chi connectivity index (χ0) is 21.7. The van der Waals surface area contributed by atoms with Gasteiger partial charge in [0.1, 0.15) is 0 Å². The highest BCUT2D eigenvalue weighted by atomic mass is 32.2. The summed E-state index contributed by atoms with van der Waals surface area (Å²) in [5.41, 5.74) is 0. The van der Waals surface area contributed by atoms with Crippen molar-refractivity contribution < 1.29 is 24.2 Å². The number of aliphatic hydroxyl groups excluding tert-OH is 1. The minimum atomic E-state index is -0.361. The van der Waals surface area contributed by atoms with Crippen molar-refractivity contribution in [1.82, 2.24) is 0 Å². The predicted molar refractivity (Wildman–Crippen MR) is 121 cm³/mol. The standard InChI is InChI=1S/C23H44O5S/c1-4-5-6-7-8-9-10-11-12-15-20(24)21(29-19-18-23(26)28-3)16-13-14-17-22(25)27-2/h20-21,24H,4-19H2,1-3H3/t20-,21-/m1/s1. The minimum Gasteiger partial charge on any atom is -0.469 e. The maximum absolute atomic E-state index is 11.3. The fraction of sp³-hybridized carbons (Fsp3) is 0.913. The van der Waals surface area contributed by atoms with Crippen LogP contribution >= 0.6 is 11.8 Å². The summed E-state index contributed by atoms with van der Waals surface area (Å²) in [5, 5.41) is 10.8. The molecule has 2 atom stereocenters. The summed E-state index contributed by atoms with van der Waals surface area (Å²) in [7, 11) is 2.80. The van der Waals surface area contributed by atoms with Crippen LogP contribution in [-0.4, -0.2) is 48.4 Å². The Morgan fingerprint density at radius 2 is 1.28 bits per heavy atom. The van der Waals surface area contributed by atoms with E-state index in [-0.39, 0.29) is 23.3 Å². The molecule has 0 saturated heterocycles. The Labute approximate surface area is 182 Å². The lowest BCUT2D eigenvalue weighted by Crippen LogP contribution is -2.24. The van der Waals surface area contributed by atoms with E-state index in [1.165, 1.54) is 65.6 Å². The molecule has 1 N–H and O–H groups in total. The second-order valence-corrected chi connectivity index (χ2v) is 9.09. The van der Waals surface area contributed by atoms with Crippen molar-refractivity contribution in [2.45, 2.75) is 115 Å². The van der Waals surface area contributed by atoms with E-state index in [2.05, 4.69) is 11.7 Å². The highest BCUT2D eigenvalue weighted by Gasteiger charge is 2.20. The number of carbonyl (C=O) groups is 2. The quantitative estimate of drug-likeness (QED) is 0.197. The number of hydrogen-bond donors (Lipinski definition) is 1. The second-order valence-electron chi connectivity index (χ2n) is 7.74. The summed E-state index contributed by atoms with van der Waals surface area (Å²) in [6, 6.07) is 0. The van der Waals surface area contributed by atoms with E-state index in [0.29, 0.717) is 18.6 Å². The van der Waals surface area contributed by atoms with Gasteiger partial charge in [0, 0.05) is 17.4 Å². The molecule has 6 heteroatoms. The monoisotopic (exact) mass is 432 g/mol. The molecule has 0 aliphatic carbocycles. The van der Waals surface area contributed by atoms with E-state index in [1.54, 1.807) is 11.8 Å². The molecule has 0 heterocycles. The number of hydrogen-bond acceptors (Lipinski definition) is 6. The Kier molecular flexibility index (Phi) is 20.0. The van der Waals surface area contributed by atoms with Gasteiger partial charge in [-0.3, -0.25) is 9.59 Å². The fourth-order valence-corrected chi connectivity index (χ4v) is 4.63. The first kappa shape index (κ1) is 28.2. The smallest absolute Gasteiger partial charge is 0.306 e. The number of rotatable bonds is 20. The molecule has 0 aromatic rings. The lowest BCUT2D eigenvalue weighted by Gasteiger charge is -2.22. The first-order valence-electron chi connectivity index (χ1n) is 11.5. The molecule has 172 valence electrons. The van der Waals surface area contributed by atoms with Crippen LogP contribution in [-0.2, 0) is 19.1 Å². The molecule has 0 spiro atoms. The maximum atomic E-state index is 11.3. The largest absolute Gasteiger partial charge is 0.469 e. The molecule has 0 aromatic carbocycles. The van der Waals surface area contributed by atoms with Crippen molar-refractivity contribution in [1.29, 1.82) is 0 Å². The summed E-state index contributed by atoms with van der Waals surface area (Å²) >= 11 is 1.65. The summed E-state index contributed by atoms with van der Waals surface area (Å²) in [5.74, 6) is 0.258. The van der Waals surface area contributed by atoms with Crippen LogP contribution in [0.4, 0.5) is 0 Å². The first-order chi connectivity index (χ1) is 14.0. The average molecular weight is 433 g/mol. The molecule has 0 aliphatic heterocycles. The molecule has 0 fully saturated rings. The van der Waals surface area contributed by atoms with Gasteiger partial charge in [-0.15, -0.1) is 0 Å². The van der Waals surface area contributed by atoms with Gasteiger partial charge in [0.2, 0.25) is 0 Å². The van der Waals surface area contributed by atoms with Crippen LogP contribution in [0.3, 0.4) is 0 Å². The summed E-state index contributed by atoms with van der Waals surface area (Å²) in [4.78, 5) is 22.6. The number of unbranched alkanes of at least 4 members (excludes halogenated alkanes) is 9. The number of ether oxygens (including phenoxy) is 2. The molecule has 0 radical (unpaired) electrons. The normalized spacial score (nSPS) is 13.1. The van der Waals surface area contributed by atoms with Crippen LogP contribution in [0.1, 0.15) is 103 Å². The van der Waals surface area contributed by atoms with Gasteiger partial charge in [-0.25, -0.2) is 0 Å². The molecule has 0 unspecified atom stereocenters. The van der Waals surface area contributed by atoms with E-state index in [4.69, 9.17) is 4.74 Å². The van der Waals surface area contributed by atoms with E-state index in [0.717, 1.165) is 32.1 Å². The van der Waals surface area contributed by atoms with Crippen LogP contribution in [0.25, 0.3) is 0 Å². The van der Waals surface area contributed by atoms with E-state index in [9.17, 15) is 14.7 Å². The molecule has 0 aliphatic rings. The van der Waals surface area contributed by atoms with Crippen molar-refractivity contribution in [3.05, 3.63) is 0 Å². The first-order valence-corrected chi connectivity index (χ1v) is 12.5. The van der Waals surface area contributed by atoms with Gasteiger partial charge in [0.25, 0.3) is 0 Å². The molecular formula is C23H44O5S. The van der Waals surface area contributed by atoms with Crippen molar-refractivity contribution in [2.24, 2.45) is 0 Å². The van der Waals surface area contributed by atoms with Crippen LogP contribution in [0.15, 0.2) is 0 Å². The van der Waals surface area contributed by atoms with Gasteiger partial charge in [-0.05, 0) is 19.3 Å². The van der Waals surface area contributed by atoms with Crippen molar-refractivity contribution in [3.63, 3.8) is 0 Å². The van der Waals surface area contributed by atoms with Crippen LogP contribution in [0, 0.1) is 0 Å². The molecule has 0 rings (SSSR count). The van der Waals surface area contributed by atoms with Crippen molar-refractivity contribution >= 4 is 23.7 Å². The van der Waals surface area contributed by atoms with Crippen LogP contribution in [0.5, 0.6) is 0 Å². The third-order valence-electron chi connectivity index (χ3n) is 5.25. The maximum Gasteiger partial charge on any atom is 0.306 e. The fourth-order valence-electron chi connectivity index (χ4n) is 3.35. The molecule has 0 aromatic heterocycles. The van der Waals surface area contributed by atoms with Gasteiger partial charge in [0.05, 0.1) is 26.7 Å². The Hall–Kier alpha value is -0.750. The number of methoxy groups -OCH3 is 2. The lowest BCUT2D eigenvalue weighted by molar-refractivity contribution is -0.141. The Bertz CT molecular complexity index is 403. The molecule has 0 amide bonds. The summed E-state index contributed by atoms with van der Waals surface area (Å²) < 4.78 is 9.37. The van der Waals surface area contributed by atoms with E-state index in [1.807, 2.05) is 0 Å². The topological polar surface area (TPSA) is 72.8 Å². The summed E-state index contributed by atoms with van der Waals surface area (Å²) in [6.45, 7) is 2.24. The molecule has 0 bridgehead atoms. The van der Waals surface area contributed by atoms with Gasteiger partial charge in [-0.1, -0.05) is 71.1 Å². The Morgan fingerprint density at radius 3 is 1.86 bits per heavy atom. The van der Waals surface area contributed by atoms with E-state index >= 15 is 0 Å². The Morgan fingerprint density at radius 1 is 0.759 bits per heavy atom. The van der Waals surface area contributed by atoms with Crippen LogP contribution < -0.4 is 0 Å². The second kappa shape index (κ2) is 20.5. The Balaban J connectivity index is 4.08. The lowest BCUT2D eigenvalue weighted by atomic mass is 10.0. The molecular weight excluding hydrogens is 388 g/mol. The molecule has 29 heavy (non-hydrogen) atoms. The van der Waals surface area contributed by atoms with Gasteiger partial charge < -0.3 is 14.6 Å². The summed E-state index contributed by atoms with van der Waals surface area (Å²) in [6.07, 6.45) is 15.2. The zero-order valence-corrected chi connectivity index (χ0v) is 19.8. The van der Waals surface area contributed by atoms with Crippen molar-refractivity contribution in [3.8, 4) is 0 Å².